The number of carbonyl (C=O) groups excluding carboxylic acids is 1. The minimum Gasteiger partial charge on any atom is -0.299 e. The Balaban J connectivity index is 1.67. The predicted molar refractivity (Wildman–Crippen MR) is 58.1 cm³/mol. The molecule has 0 N–H and O–H groups in total. The molecule has 2 aliphatic carbocycles. The molecule has 1 saturated carbocycles. The zero-order valence-corrected chi connectivity index (χ0v) is 8.93. The van der Waals surface area contributed by atoms with Gasteiger partial charge in [0.15, 0.2) is 0 Å². The van der Waals surface area contributed by atoms with Crippen LogP contribution in [0.5, 0.6) is 0 Å². The SMILES string of the molecule is O=C(CCC1CC1)CC1=CCCCC1. The average Bonchev–Trinajstić information content (AvgIpc) is 3.00. The van der Waals surface area contributed by atoms with E-state index in [1.54, 1.807) is 0 Å². The molecule has 0 aromatic heterocycles. The van der Waals surface area contributed by atoms with Crippen LogP contribution in [0, 0.1) is 5.92 Å². The molecule has 78 valence electrons. The third-order valence-electron chi connectivity index (χ3n) is 3.34. The van der Waals surface area contributed by atoms with Gasteiger partial charge < -0.3 is 0 Å². The Bertz CT molecular complexity index is 236. The summed E-state index contributed by atoms with van der Waals surface area (Å²) in [6.45, 7) is 0. The summed E-state index contributed by atoms with van der Waals surface area (Å²) in [7, 11) is 0. The van der Waals surface area contributed by atoms with Crippen LogP contribution in [-0.4, -0.2) is 5.78 Å². The second-order valence-electron chi connectivity index (χ2n) is 4.81. The standard InChI is InChI=1S/C13H20O/c14-13(9-8-11-6-7-11)10-12-4-2-1-3-5-12/h4,11H,1-3,5-10H2. The van der Waals surface area contributed by atoms with Gasteiger partial charge in [0.25, 0.3) is 0 Å². The number of ketones is 1. The van der Waals surface area contributed by atoms with Gasteiger partial charge in [-0.25, -0.2) is 0 Å². The van der Waals surface area contributed by atoms with Crippen LogP contribution in [0.4, 0.5) is 0 Å². The fourth-order valence-corrected chi connectivity index (χ4v) is 2.18. The van der Waals surface area contributed by atoms with E-state index in [1.165, 1.54) is 44.1 Å². The van der Waals surface area contributed by atoms with Crippen LogP contribution in [0.25, 0.3) is 0 Å². The van der Waals surface area contributed by atoms with Gasteiger partial charge in [-0.2, -0.15) is 0 Å². The quantitative estimate of drug-likeness (QED) is 0.608. The van der Waals surface area contributed by atoms with Crippen molar-refractivity contribution in [2.45, 2.75) is 57.8 Å². The van der Waals surface area contributed by atoms with Crippen molar-refractivity contribution in [2.24, 2.45) is 5.92 Å². The molecule has 0 unspecified atom stereocenters. The van der Waals surface area contributed by atoms with Crippen molar-refractivity contribution >= 4 is 5.78 Å². The van der Waals surface area contributed by atoms with Crippen molar-refractivity contribution in [2.75, 3.05) is 0 Å². The van der Waals surface area contributed by atoms with Crippen LogP contribution < -0.4 is 0 Å². The molecule has 0 amide bonds. The van der Waals surface area contributed by atoms with Crippen molar-refractivity contribution in [1.29, 1.82) is 0 Å². The highest BCUT2D eigenvalue weighted by atomic mass is 16.1. The van der Waals surface area contributed by atoms with Gasteiger partial charge in [-0.15, -0.1) is 0 Å². The number of hydrogen-bond donors (Lipinski definition) is 0. The van der Waals surface area contributed by atoms with Crippen molar-refractivity contribution in [1.82, 2.24) is 0 Å². The fourth-order valence-electron chi connectivity index (χ4n) is 2.18. The van der Waals surface area contributed by atoms with E-state index in [0.717, 1.165) is 25.2 Å². The zero-order chi connectivity index (χ0) is 9.80. The highest BCUT2D eigenvalue weighted by Gasteiger charge is 2.21. The molecule has 0 aromatic rings. The summed E-state index contributed by atoms with van der Waals surface area (Å²) in [5.74, 6) is 1.38. The molecule has 0 heterocycles. The lowest BCUT2D eigenvalue weighted by atomic mass is 9.94. The van der Waals surface area contributed by atoms with Gasteiger partial charge in [0, 0.05) is 12.8 Å². The minimum atomic E-state index is 0.477. The Hall–Kier alpha value is -0.590. The molecule has 14 heavy (non-hydrogen) atoms. The lowest BCUT2D eigenvalue weighted by Gasteiger charge is -2.11. The smallest absolute Gasteiger partial charge is 0.136 e. The van der Waals surface area contributed by atoms with Crippen molar-refractivity contribution in [3.05, 3.63) is 11.6 Å². The molecule has 0 aliphatic heterocycles. The van der Waals surface area contributed by atoms with Gasteiger partial charge in [0.2, 0.25) is 0 Å². The summed E-state index contributed by atoms with van der Waals surface area (Å²) in [5.41, 5.74) is 1.41. The van der Waals surface area contributed by atoms with Crippen LogP contribution in [0.15, 0.2) is 11.6 Å². The second kappa shape index (κ2) is 4.77. The van der Waals surface area contributed by atoms with Gasteiger partial charge in [0.05, 0.1) is 0 Å². The predicted octanol–water partition coefficient (Wildman–Crippen LogP) is 3.64. The first-order chi connectivity index (χ1) is 6.84. The van der Waals surface area contributed by atoms with E-state index < -0.39 is 0 Å². The van der Waals surface area contributed by atoms with E-state index in [2.05, 4.69) is 6.08 Å². The molecule has 1 heteroatoms. The monoisotopic (exact) mass is 192 g/mol. The van der Waals surface area contributed by atoms with E-state index in [0.29, 0.717) is 5.78 Å². The first-order valence-corrected chi connectivity index (χ1v) is 6.04. The molecule has 0 radical (unpaired) electrons. The van der Waals surface area contributed by atoms with Crippen LogP contribution >= 0.6 is 0 Å². The van der Waals surface area contributed by atoms with Gasteiger partial charge in [0.1, 0.15) is 5.78 Å². The lowest BCUT2D eigenvalue weighted by molar-refractivity contribution is -0.118. The molecule has 2 aliphatic rings. The molecule has 1 fully saturated rings. The number of Topliss-reactive ketones (excluding diaryl/α,β-unsaturated/α-hetero) is 1. The molecular weight excluding hydrogens is 172 g/mol. The molecule has 0 bridgehead atoms. The van der Waals surface area contributed by atoms with Crippen LogP contribution in [-0.2, 0) is 4.79 Å². The van der Waals surface area contributed by atoms with Gasteiger partial charge >= 0.3 is 0 Å². The number of hydrogen-bond acceptors (Lipinski definition) is 1. The Labute approximate surface area is 86.6 Å². The molecule has 0 atom stereocenters. The molecule has 0 spiro atoms. The zero-order valence-electron chi connectivity index (χ0n) is 8.93. The Morgan fingerprint density at radius 3 is 2.86 bits per heavy atom. The summed E-state index contributed by atoms with van der Waals surface area (Å²) < 4.78 is 0. The fraction of sp³-hybridized carbons (Fsp3) is 0.769. The summed E-state index contributed by atoms with van der Waals surface area (Å²) >= 11 is 0. The molecule has 0 saturated heterocycles. The van der Waals surface area contributed by atoms with Crippen LogP contribution in [0.3, 0.4) is 0 Å². The Kier molecular flexibility index (Phi) is 3.39. The average molecular weight is 192 g/mol. The largest absolute Gasteiger partial charge is 0.299 e. The lowest BCUT2D eigenvalue weighted by Crippen LogP contribution is -2.02. The summed E-state index contributed by atoms with van der Waals surface area (Å²) in [6.07, 6.45) is 12.8. The Morgan fingerprint density at radius 1 is 1.36 bits per heavy atom. The van der Waals surface area contributed by atoms with Crippen LogP contribution in [0.1, 0.15) is 57.8 Å². The topological polar surface area (TPSA) is 17.1 Å². The van der Waals surface area contributed by atoms with Gasteiger partial charge in [-0.3, -0.25) is 4.79 Å². The first kappa shape index (κ1) is 9.95. The van der Waals surface area contributed by atoms with Gasteiger partial charge in [-0.1, -0.05) is 24.5 Å². The number of rotatable bonds is 5. The van der Waals surface area contributed by atoms with Crippen LogP contribution in [0.2, 0.25) is 0 Å². The highest BCUT2D eigenvalue weighted by molar-refractivity contribution is 5.80. The van der Waals surface area contributed by atoms with Crippen molar-refractivity contribution < 1.29 is 4.79 Å². The van der Waals surface area contributed by atoms with E-state index in [9.17, 15) is 4.79 Å². The maximum atomic E-state index is 11.6. The van der Waals surface area contributed by atoms with Crippen molar-refractivity contribution in [3.63, 3.8) is 0 Å². The third kappa shape index (κ3) is 3.28. The first-order valence-electron chi connectivity index (χ1n) is 6.04. The summed E-state index contributed by atoms with van der Waals surface area (Å²) in [6, 6.07) is 0. The van der Waals surface area contributed by atoms with E-state index >= 15 is 0 Å². The second-order valence-corrected chi connectivity index (χ2v) is 4.81. The molecule has 1 nitrogen and oxygen atoms in total. The normalized spacial score (nSPS) is 21.9. The maximum absolute atomic E-state index is 11.6. The highest BCUT2D eigenvalue weighted by Crippen LogP contribution is 2.34. The molecular formula is C13H20O. The van der Waals surface area contributed by atoms with E-state index in [4.69, 9.17) is 0 Å². The van der Waals surface area contributed by atoms with E-state index in [1.807, 2.05) is 0 Å². The third-order valence-corrected chi connectivity index (χ3v) is 3.34. The van der Waals surface area contributed by atoms with E-state index in [-0.39, 0.29) is 0 Å². The summed E-state index contributed by atoms with van der Waals surface area (Å²) in [5, 5.41) is 0. The Morgan fingerprint density at radius 2 is 2.21 bits per heavy atom. The minimum absolute atomic E-state index is 0.477. The summed E-state index contributed by atoms with van der Waals surface area (Å²) in [4.78, 5) is 11.6. The van der Waals surface area contributed by atoms with Gasteiger partial charge in [-0.05, 0) is 38.0 Å². The number of allylic oxidation sites excluding steroid dienone is 2. The van der Waals surface area contributed by atoms with Crippen molar-refractivity contribution in [3.8, 4) is 0 Å². The number of carbonyl (C=O) groups is 1. The molecule has 0 aromatic carbocycles. The molecule has 2 rings (SSSR count). The maximum Gasteiger partial charge on any atom is 0.136 e.